The second kappa shape index (κ2) is 7.84. The van der Waals surface area contributed by atoms with Crippen molar-refractivity contribution in [3.05, 3.63) is 80.8 Å². The molecular formula is C19H18N4O5S. The van der Waals surface area contributed by atoms with Crippen molar-refractivity contribution < 1.29 is 13.3 Å². The third-order valence-electron chi connectivity index (χ3n) is 4.23. The van der Waals surface area contributed by atoms with Crippen molar-refractivity contribution in [3.8, 4) is 16.8 Å². The Hall–Kier alpha value is -3.53. The molecule has 0 aliphatic rings. The van der Waals surface area contributed by atoms with Crippen LogP contribution in [0.3, 0.4) is 0 Å². The predicted octanol–water partition coefficient (Wildman–Crippen LogP) is 2.88. The number of nitrogens with zero attached hydrogens (tertiary/aromatic N) is 3. The third-order valence-corrected chi connectivity index (χ3v) is 5.54. The number of nitro groups is 1. The van der Waals surface area contributed by atoms with E-state index in [0.29, 0.717) is 22.5 Å². The molecule has 2 aromatic carbocycles. The number of benzene rings is 2. The van der Waals surface area contributed by atoms with Gasteiger partial charge in [-0.3, -0.25) is 19.6 Å². The van der Waals surface area contributed by atoms with Crippen molar-refractivity contribution in [2.45, 2.75) is 13.8 Å². The molecule has 0 fully saturated rings. The van der Waals surface area contributed by atoms with Crippen LogP contribution >= 0.6 is 0 Å². The lowest BCUT2D eigenvalue weighted by molar-refractivity contribution is -0.384. The summed E-state index contributed by atoms with van der Waals surface area (Å²) < 4.78 is 27.1. The van der Waals surface area contributed by atoms with Crippen LogP contribution in [0, 0.1) is 17.0 Å². The lowest BCUT2D eigenvalue weighted by Crippen LogP contribution is -2.21. The smallest absolute Gasteiger partial charge is 0.272 e. The molecular weight excluding hydrogens is 396 g/mol. The molecule has 3 rings (SSSR count). The van der Waals surface area contributed by atoms with E-state index in [-0.39, 0.29) is 17.1 Å². The quantitative estimate of drug-likeness (QED) is 0.488. The van der Waals surface area contributed by atoms with Crippen LogP contribution in [0.15, 0.2) is 59.4 Å². The Morgan fingerprint density at radius 2 is 1.86 bits per heavy atom. The zero-order valence-corrected chi connectivity index (χ0v) is 16.5. The van der Waals surface area contributed by atoms with Crippen molar-refractivity contribution >= 4 is 21.4 Å². The highest BCUT2D eigenvalue weighted by atomic mass is 32.2. The van der Waals surface area contributed by atoms with E-state index in [1.165, 1.54) is 31.2 Å². The molecule has 29 heavy (non-hydrogen) atoms. The standard InChI is InChI=1S/C19H18N4O5S/c1-3-29(27,28)21-15-7-4-6-14(10-15)18-12-19(24)22(20-13(18)2)16-8-5-9-17(11-16)23(25)26/h4-12,21H,3H2,1-2H3. The van der Waals surface area contributed by atoms with Crippen LogP contribution in [-0.2, 0) is 10.0 Å². The molecule has 0 aliphatic heterocycles. The van der Waals surface area contributed by atoms with E-state index in [4.69, 9.17) is 0 Å². The molecule has 0 unspecified atom stereocenters. The minimum Gasteiger partial charge on any atom is -0.284 e. The zero-order chi connectivity index (χ0) is 21.2. The monoisotopic (exact) mass is 414 g/mol. The van der Waals surface area contributed by atoms with E-state index in [9.17, 15) is 23.3 Å². The molecule has 1 heterocycles. The predicted molar refractivity (Wildman–Crippen MR) is 110 cm³/mol. The maximum absolute atomic E-state index is 12.6. The number of hydrogen-bond donors (Lipinski definition) is 1. The Balaban J connectivity index is 2.04. The first-order valence-electron chi connectivity index (χ1n) is 8.67. The summed E-state index contributed by atoms with van der Waals surface area (Å²) in [6.45, 7) is 3.24. The summed E-state index contributed by atoms with van der Waals surface area (Å²) in [5, 5.41) is 15.3. The van der Waals surface area contributed by atoms with Gasteiger partial charge < -0.3 is 0 Å². The number of aromatic nitrogens is 2. The van der Waals surface area contributed by atoms with Gasteiger partial charge >= 0.3 is 0 Å². The van der Waals surface area contributed by atoms with Crippen molar-refractivity contribution in [2.75, 3.05) is 10.5 Å². The summed E-state index contributed by atoms with van der Waals surface area (Å²) in [5.74, 6) is -0.0585. The number of rotatable bonds is 6. The summed E-state index contributed by atoms with van der Waals surface area (Å²) >= 11 is 0. The van der Waals surface area contributed by atoms with Crippen molar-refractivity contribution in [2.24, 2.45) is 0 Å². The zero-order valence-electron chi connectivity index (χ0n) is 15.7. The fraction of sp³-hybridized carbons (Fsp3) is 0.158. The number of aryl methyl sites for hydroxylation is 1. The highest BCUT2D eigenvalue weighted by Gasteiger charge is 2.13. The summed E-state index contributed by atoms with van der Waals surface area (Å²) in [4.78, 5) is 23.1. The molecule has 1 N–H and O–H groups in total. The number of nitrogens with one attached hydrogen (secondary N) is 1. The summed E-state index contributed by atoms with van der Waals surface area (Å²) in [5.41, 5.74) is 1.71. The van der Waals surface area contributed by atoms with Gasteiger partial charge in [-0.25, -0.2) is 8.42 Å². The van der Waals surface area contributed by atoms with Crippen LogP contribution in [0.4, 0.5) is 11.4 Å². The SMILES string of the molecule is CCS(=O)(=O)Nc1cccc(-c2cc(=O)n(-c3cccc([N+](=O)[O-])c3)nc2C)c1. The van der Waals surface area contributed by atoms with Crippen LogP contribution in [0.1, 0.15) is 12.6 Å². The van der Waals surface area contributed by atoms with Gasteiger partial charge in [0.15, 0.2) is 0 Å². The molecule has 0 amide bonds. The molecule has 0 bridgehead atoms. The average Bonchev–Trinajstić information content (AvgIpc) is 2.69. The first-order chi connectivity index (χ1) is 13.7. The molecule has 1 aromatic heterocycles. The molecule has 0 saturated heterocycles. The van der Waals surface area contributed by atoms with E-state index in [1.54, 1.807) is 37.3 Å². The van der Waals surface area contributed by atoms with Crippen LogP contribution < -0.4 is 10.3 Å². The van der Waals surface area contributed by atoms with Gasteiger partial charge in [-0.2, -0.15) is 9.78 Å². The molecule has 0 saturated carbocycles. The van der Waals surface area contributed by atoms with Gasteiger partial charge in [0, 0.05) is 29.4 Å². The summed E-state index contributed by atoms with van der Waals surface area (Å²) in [7, 11) is -3.43. The number of nitro benzene ring substituents is 1. The van der Waals surface area contributed by atoms with Crippen molar-refractivity contribution in [1.29, 1.82) is 0 Å². The Bertz CT molecular complexity index is 1250. The third kappa shape index (κ3) is 4.49. The van der Waals surface area contributed by atoms with Gasteiger partial charge in [0.05, 0.1) is 22.1 Å². The fourth-order valence-electron chi connectivity index (χ4n) is 2.76. The summed E-state index contributed by atoms with van der Waals surface area (Å²) in [6, 6.07) is 13.7. The highest BCUT2D eigenvalue weighted by Crippen LogP contribution is 2.25. The molecule has 0 spiro atoms. The topological polar surface area (TPSA) is 124 Å². The highest BCUT2D eigenvalue weighted by molar-refractivity contribution is 7.92. The first kappa shape index (κ1) is 20.2. The average molecular weight is 414 g/mol. The summed E-state index contributed by atoms with van der Waals surface area (Å²) in [6.07, 6.45) is 0. The maximum Gasteiger partial charge on any atom is 0.272 e. The molecule has 0 aliphatic carbocycles. The van der Waals surface area contributed by atoms with E-state index >= 15 is 0 Å². The largest absolute Gasteiger partial charge is 0.284 e. The van der Waals surface area contributed by atoms with Gasteiger partial charge in [0.25, 0.3) is 11.2 Å². The van der Waals surface area contributed by atoms with Gasteiger partial charge in [0.1, 0.15) is 0 Å². The lowest BCUT2D eigenvalue weighted by atomic mass is 10.0. The van der Waals surface area contributed by atoms with E-state index < -0.39 is 20.5 Å². The molecule has 10 heteroatoms. The van der Waals surface area contributed by atoms with Crippen LogP contribution in [-0.4, -0.2) is 28.9 Å². The normalized spacial score (nSPS) is 11.2. The Morgan fingerprint density at radius 3 is 2.55 bits per heavy atom. The molecule has 3 aromatic rings. The number of sulfonamides is 1. The number of non-ortho nitro benzene ring substituents is 1. The van der Waals surface area contributed by atoms with Gasteiger partial charge in [-0.1, -0.05) is 18.2 Å². The Kier molecular flexibility index (Phi) is 5.46. The van der Waals surface area contributed by atoms with Gasteiger partial charge in [-0.15, -0.1) is 0 Å². The van der Waals surface area contributed by atoms with Crippen molar-refractivity contribution in [1.82, 2.24) is 9.78 Å². The Morgan fingerprint density at radius 1 is 1.14 bits per heavy atom. The molecule has 150 valence electrons. The number of hydrogen-bond acceptors (Lipinski definition) is 6. The minimum absolute atomic E-state index is 0.0585. The van der Waals surface area contributed by atoms with E-state index in [0.717, 1.165) is 4.68 Å². The van der Waals surface area contributed by atoms with Crippen LogP contribution in [0.2, 0.25) is 0 Å². The van der Waals surface area contributed by atoms with Crippen molar-refractivity contribution in [3.63, 3.8) is 0 Å². The van der Waals surface area contributed by atoms with Crippen LogP contribution in [0.25, 0.3) is 16.8 Å². The fourth-order valence-corrected chi connectivity index (χ4v) is 3.39. The molecule has 0 atom stereocenters. The lowest BCUT2D eigenvalue weighted by Gasteiger charge is -2.11. The molecule has 9 nitrogen and oxygen atoms in total. The van der Waals surface area contributed by atoms with Gasteiger partial charge in [0.2, 0.25) is 10.0 Å². The second-order valence-corrected chi connectivity index (χ2v) is 8.27. The molecule has 0 radical (unpaired) electrons. The van der Waals surface area contributed by atoms with E-state index in [2.05, 4.69) is 9.82 Å². The van der Waals surface area contributed by atoms with Crippen LogP contribution in [0.5, 0.6) is 0 Å². The van der Waals surface area contributed by atoms with Gasteiger partial charge in [-0.05, 0) is 37.6 Å². The number of anilines is 1. The van der Waals surface area contributed by atoms with E-state index in [1.807, 2.05) is 0 Å². The Labute approximate surface area is 166 Å². The minimum atomic E-state index is -3.43. The first-order valence-corrected chi connectivity index (χ1v) is 10.3. The second-order valence-electron chi connectivity index (χ2n) is 6.26. The maximum atomic E-state index is 12.6.